The Morgan fingerprint density at radius 3 is 2.42 bits per heavy atom. The summed E-state index contributed by atoms with van der Waals surface area (Å²) >= 11 is 0. The fraction of sp³-hybridized carbons (Fsp3) is 0.333. The average molecular weight is 545 g/mol. The van der Waals surface area contributed by atoms with E-state index < -0.39 is 11.9 Å². The minimum Gasteiger partial charge on any atom is -0.378 e. The Labute approximate surface area is 232 Å². The highest BCUT2D eigenvalue weighted by Crippen LogP contribution is 2.23. The van der Waals surface area contributed by atoms with Gasteiger partial charge in [-0.1, -0.05) is 49.4 Å². The zero-order chi connectivity index (χ0) is 28.1. The summed E-state index contributed by atoms with van der Waals surface area (Å²) in [5, 5.41) is 11.2. The van der Waals surface area contributed by atoms with E-state index in [0.29, 0.717) is 35.5 Å². The van der Waals surface area contributed by atoms with E-state index in [9.17, 15) is 14.0 Å². The summed E-state index contributed by atoms with van der Waals surface area (Å²) in [4.78, 5) is 31.2. The molecule has 1 aliphatic rings. The normalized spacial score (nSPS) is 14.3. The molecular weight excluding hydrogens is 511 g/mol. The summed E-state index contributed by atoms with van der Waals surface area (Å²) in [7, 11) is 0. The molecule has 2 amide bonds. The summed E-state index contributed by atoms with van der Waals surface area (Å²) in [5.74, 6) is -1.40. The monoisotopic (exact) mass is 544 g/mol. The molecule has 1 N–H and O–H groups in total. The molecule has 208 valence electrons. The van der Waals surface area contributed by atoms with Crippen molar-refractivity contribution in [3.8, 4) is 0 Å². The van der Waals surface area contributed by atoms with E-state index in [1.54, 1.807) is 18.2 Å². The zero-order valence-electron chi connectivity index (χ0n) is 22.7. The van der Waals surface area contributed by atoms with Crippen molar-refractivity contribution in [2.45, 2.75) is 33.0 Å². The third-order valence-corrected chi connectivity index (χ3v) is 7.07. The number of hydrogen-bond acceptors (Lipinski definition) is 6. The van der Waals surface area contributed by atoms with Gasteiger partial charge in [-0.2, -0.15) is 0 Å². The molecule has 0 unspecified atom stereocenters. The van der Waals surface area contributed by atoms with E-state index in [4.69, 9.17) is 4.74 Å². The molecule has 1 aromatic heterocycles. The number of ether oxygens (including phenoxy) is 1. The number of rotatable bonds is 9. The van der Waals surface area contributed by atoms with Crippen molar-refractivity contribution in [1.29, 1.82) is 0 Å². The number of benzene rings is 3. The number of amides is 2. The van der Waals surface area contributed by atoms with Crippen molar-refractivity contribution < 1.29 is 18.7 Å². The molecule has 1 saturated heterocycles. The van der Waals surface area contributed by atoms with Crippen LogP contribution in [-0.4, -0.2) is 64.1 Å². The summed E-state index contributed by atoms with van der Waals surface area (Å²) in [6.07, 6.45) is 0. The van der Waals surface area contributed by atoms with Gasteiger partial charge in [0.05, 0.1) is 18.7 Å². The maximum atomic E-state index is 14.7. The molecule has 4 aromatic rings. The third kappa shape index (κ3) is 6.12. The second-order valence-electron chi connectivity index (χ2n) is 10.2. The number of fused-ring (bicyclic) bond motifs is 1. The van der Waals surface area contributed by atoms with Crippen LogP contribution in [0.3, 0.4) is 0 Å². The lowest BCUT2D eigenvalue weighted by molar-refractivity contribution is -0.141. The van der Waals surface area contributed by atoms with Gasteiger partial charge in [0.2, 0.25) is 11.8 Å². The van der Waals surface area contributed by atoms with Crippen molar-refractivity contribution in [3.05, 3.63) is 84.2 Å². The van der Waals surface area contributed by atoms with Crippen molar-refractivity contribution >= 4 is 34.2 Å². The fourth-order valence-electron chi connectivity index (χ4n) is 5.00. The molecule has 3 aromatic carbocycles. The van der Waals surface area contributed by atoms with Crippen LogP contribution < -0.4 is 10.2 Å². The smallest absolute Gasteiger partial charge is 0.247 e. The van der Waals surface area contributed by atoms with Gasteiger partial charge in [0, 0.05) is 36.6 Å². The third-order valence-electron chi connectivity index (χ3n) is 7.07. The van der Waals surface area contributed by atoms with Crippen molar-refractivity contribution in [2.75, 3.05) is 36.5 Å². The van der Waals surface area contributed by atoms with Gasteiger partial charge in [0.25, 0.3) is 0 Å². The molecule has 1 atom stereocenters. The van der Waals surface area contributed by atoms with Gasteiger partial charge < -0.3 is 19.9 Å². The minimum atomic E-state index is -0.860. The second kappa shape index (κ2) is 12.3. The molecule has 0 aliphatic carbocycles. The van der Waals surface area contributed by atoms with E-state index in [1.165, 1.54) is 15.6 Å². The van der Waals surface area contributed by atoms with Crippen LogP contribution in [0.4, 0.5) is 15.8 Å². The number of carbonyl (C=O) groups is 2. The van der Waals surface area contributed by atoms with Crippen molar-refractivity contribution in [1.82, 2.24) is 19.9 Å². The Bertz CT molecular complexity index is 1470. The molecule has 1 fully saturated rings. The molecule has 2 heterocycles. The van der Waals surface area contributed by atoms with E-state index in [1.807, 2.05) is 62.4 Å². The highest BCUT2D eigenvalue weighted by atomic mass is 19.1. The van der Waals surface area contributed by atoms with Crippen LogP contribution in [0, 0.1) is 11.7 Å². The molecule has 0 saturated carbocycles. The Morgan fingerprint density at radius 1 is 1.00 bits per heavy atom. The standard InChI is InChI=1S/C30H33FN6O3/c1-21(2)29(30(39)32-23-11-13-24(14-12-23)35-15-17-40-18-16-35)36(19-22-7-3-4-8-25(22)31)28(38)20-37-27-10-6-5-9-26(27)33-34-37/h3-14,21,29H,15-20H2,1-2H3,(H,32,39)/t29-/m1/s1. The Hall–Kier alpha value is -4.31. The maximum absolute atomic E-state index is 14.7. The van der Waals surface area contributed by atoms with Gasteiger partial charge in [-0.15, -0.1) is 5.10 Å². The molecule has 0 radical (unpaired) electrons. The number of nitrogens with zero attached hydrogens (tertiary/aromatic N) is 5. The first-order chi connectivity index (χ1) is 19.4. The van der Waals surface area contributed by atoms with Crippen molar-refractivity contribution in [3.63, 3.8) is 0 Å². The molecule has 10 heteroatoms. The Balaban J connectivity index is 1.39. The molecule has 5 rings (SSSR count). The SMILES string of the molecule is CC(C)[C@H](C(=O)Nc1ccc(N2CCOCC2)cc1)N(Cc1ccccc1F)C(=O)Cn1nnc2ccccc21. The first kappa shape index (κ1) is 27.3. The topological polar surface area (TPSA) is 92.6 Å². The summed E-state index contributed by atoms with van der Waals surface area (Å²) in [6.45, 7) is 6.54. The van der Waals surface area contributed by atoms with E-state index in [2.05, 4.69) is 20.5 Å². The summed E-state index contributed by atoms with van der Waals surface area (Å²) in [5.41, 5.74) is 3.36. The van der Waals surface area contributed by atoms with Crippen LogP contribution in [0.2, 0.25) is 0 Å². The molecule has 40 heavy (non-hydrogen) atoms. The lowest BCUT2D eigenvalue weighted by Crippen LogP contribution is -2.51. The number of halogens is 1. The number of carbonyl (C=O) groups excluding carboxylic acids is 2. The summed E-state index contributed by atoms with van der Waals surface area (Å²) in [6, 6.07) is 20.4. The number of aromatic nitrogens is 3. The fourth-order valence-corrected chi connectivity index (χ4v) is 5.00. The second-order valence-corrected chi connectivity index (χ2v) is 10.2. The Kier molecular flexibility index (Phi) is 8.35. The van der Waals surface area contributed by atoms with E-state index in [0.717, 1.165) is 18.8 Å². The van der Waals surface area contributed by atoms with Crippen LogP contribution in [-0.2, 0) is 27.4 Å². The predicted molar refractivity (Wildman–Crippen MR) is 151 cm³/mol. The first-order valence-electron chi connectivity index (χ1n) is 13.5. The van der Waals surface area contributed by atoms with Gasteiger partial charge in [-0.05, 0) is 48.4 Å². The minimum absolute atomic E-state index is 0.0651. The van der Waals surface area contributed by atoms with E-state index >= 15 is 0 Å². The van der Waals surface area contributed by atoms with Gasteiger partial charge in [-0.25, -0.2) is 9.07 Å². The van der Waals surface area contributed by atoms with Gasteiger partial charge in [0.1, 0.15) is 23.9 Å². The quantitative estimate of drug-likeness (QED) is 0.341. The summed E-state index contributed by atoms with van der Waals surface area (Å²) < 4.78 is 21.7. The van der Waals surface area contributed by atoms with Crippen LogP contribution in [0.1, 0.15) is 19.4 Å². The molecule has 0 spiro atoms. The largest absolute Gasteiger partial charge is 0.378 e. The van der Waals surface area contributed by atoms with E-state index in [-0.39, 0.29) is 30.8 Å². The first-order valence-corrected chi connectivity index (χ1v) is 13.5. The number of anilines is 2. The van der Waals surface area contributed by atoms with Crippen LogP contribution in [0.25, 0.3) is 11.0 Å². The molecule has 9 nitrogen and oxygen atoms in total. The van der Waals surface area contributed by atoms with Gasteiger partial charge >= 0.3 is 0 Å². The average Bonchev–Trinajstić information content (AvgIpc) is 3.37. The van der Waals surface area contributed by atoms with Crippen LogP contribution in [0.5, 0.6) is 0 Å². The number of para-hydroxylation sites is 1. The lowest BCUT2D eigenvalue weighted by atomic mass is 10.00. The number of nitrogens with one attached hydrogen (secondary N) is 1. The van der Waals surface area contributed by atoms with Crippen molar-refractivity contribution in [2.24, 2.45) is 5.92 Å². The highest BCUT2D eigenvalue weighted by molar-refractivity contribution is 5.97. The number of hydrogen-bond donors (Lipinski definition) is 1. The van der Waals surface area contributed by atoms with Gasteiger partial charge in [-0.3, -0.25) is 9.59 Å². The maximum Gasteiger partial charge on any atom is 0.247 e. The molecule has 0 bridgehead atoms. The number of morpholine rings is 1. The molecule has 1 aliphatic heterocycles. The van der Waals surface area contributed by atoms with Crippen LogP contribution in [0.15, 0.2) is 72.8 Å². The van der Waals surface area contributed by atoms with Crippen LogP contribution >= 0.6 is 0 Å². The molecular formula is C30H33FN6O3. The van der Waals surface area contributed by atoms with Gasteiger partial charge in [0.15, 0.2) is 0 Å². The zero-order valence-corrected chi connectivity index (χ0v) is 22.7. The predicted octanol–water partition coefficient (Wildman–Crippen LogP) is 4.10. The lowest BCUT2D eigenvalue weighted by Gasteiger charge is -2.34. The Morgan fingerprint density at radius 2 is 1.70 bits per heavy atom. The highest BCUT2D eigenvalue weighted by Gasteiger charge is 2.33.